The van der Waals surface area contributed by atoms with E-state index in [1.165, 1.54) is 17.4 Å². The molecule has 1 aliphatic rings. The number of primary amides is 1. The number of amides is 1. The van der Waals surface area contributed by atoms with E-state index in [1.807, 2.05) is 0 Å². The van der Waals surface area contributed by atoms with Gasteiger partial charge in [-0.15, -0.1) is 11.3 Å². The maximum absolute atomic E-state index is 11.2. The summed E-state index contributed by atoms with van der Waals surface area (Å²) in [7, 11) is 0. The summed E-state index contributed by atoms with van der Waals surface area (Å²) < 4.78 is 0. The number of rotatable bonds is 2. The summed E-state index contributed by atoms with van der Waals surface area (Å²) in [6.45, 7) is 0. The predicted molar refractivity (Wildman–Crippen MR) is 52.6 cm³/mol. The molecule has 5 heteroatoms. The standard InChI is InChI=1S/C9H8N2O2S/c10-8(13)7-5-2-1-3-6(5)14-9(7)11-4-12/h1-3H2,(H2,10,13). The Labute approximate surface area is 84.4 Å². The zero-order valence-corrected chi connectivity index (χ0v) is 8.19. The van der Waals surface area contributed by atoms with E-state index in [0.29, 0.717) is 10.6 Å². The zero-order chi connectivity index (χ0) is 10.1. The largest absolute Gasteiger partial charge is 0.365 e. The van der Waals surface area contributed by atoms with E-state index in [-0.39, 0.29) is 0 Å². The lowest BCUT2D eigenvalue weighted by molar-refractivity contribution is 0.100. The molecule has 1 amide bonds. The number of carbonyl (C=O) groups is 1. The number of fused-ring (bicyclic) bond motifs is 1. The zero-order valence-electron chi connectivity index (χ0n) is 7.37. The van der Waals surface area contributed by atoms with Crippen LogP contribution in [-0.2, 0) is 17.6 Å². The van der Waals surface area contributed by atoms with Gasteiger partial charge in [0.25, 0.3) is 5.91 Å². The van der Waals surface area contributed by atoms with Gasteiger partial charge < -0.3 is 5.73 Å². The molecule has 0 aromatic carbocycles. The average molecular weight is 208 g/mol. The second-order valence-corrected chi connectivity index (χ2v) is 4.19. The fraction of sp³-hybridized carbons (Fsp3) is 0.333. The highest BCUT2D eigenvalue weighted by Crippen LogP contribution is 2.40. The van der Waals surface area contributed by atoms with Crippen molar-refractivity contribution >= 4 is 28.3 Å². The number of hydrogen-bond acceptors (Lipinski definition) is 4. The van der Waals surface area contributed by atoms with Crippen LogP contribution in [0.25, 0.3) is 0 Å². The normalized spacial score (nSPS) is 13.4. The van der Waals surface area contributed by atoms with E-state index < -0.39 is 5.91 Å². The van der Waals surface area contributed by atoms with Gasteiger partial charge in [-0.05, 0) is 24.8 Å². The van der Waals surface area contributed by atoms with Crippen LogP contribution in [0.2, 0.25) is 0 Å². The smallest absolute Gasteiger partial charge is 0.252 e. The minimum absolute atomic E-state index is 0.414. The van der Waals surface area contributed by atoms with E-state index in [2.05, 4.69) is 4.99 Å². The number of hydrogen-bond donors (Lipinski definition) is 1. The number of nitrogens with zero attached hydrogens (tertiary/aromatic N) is 1. The van der Waals surface area contributed by atoms with Crippen molar-refractivity contribution in [3.05, 3.63) is 16.0 Å². The van der Waals surface area contributed by atoms with E-state index >= 15 is 0 Å². The fourth-order valence-electron chi connectivity index (χ4n) is 1.76. The molecule has 0 unspecified atom stereocenters. The summed E-state index contributed by atoms with van der Waals surface area (Å²) in [5.74, 6) is -0.501. The SMILES string of the molecule is NC(=O)c1c(N=C=O)sc2c1CCC2. The highest BCUT2D eigenvalue weighted by molar-refractivity contribution is 7.16. The van der Waals surface area contributed by atoms with Crippen LogP contribution in [0.5, 0.6) is 0 Å². The van der Waals surface area contributed by atoms with Crippen molar-refractivity contribution in [2.24, 2.45) is 10.7 Å². The molecule has 72 valence electrons. The molecule has 2 N–H and O–H groups in total. The minimum atomic E-state index is -0.501. The van der Waals surface area contributed by atoms with Crippen LogP contribution in [-0.4, -0.2) is 12.0 Å². The summed E-state index contributed by atoms with van der Waals surface area (Å²) in [5.41, 5.74) is 6.65. The van der Waals surface area contributed by atoms with Crippen molar-refractivity contribution in [2.45, 2.75) is 19.3 Å². The van der Waals surface area contributed by atoms with Crippen molar-refractivity contribution in [1.29, 1.82) is 0 Å². The Balaban J connectivity index is 2.62. The van der Waals surface area contributed by atoms with Crippen LogP contribution in [0.4, 0.5) is 5.00 Å². The third-order valence-corrected chi connectivity index (χ3v) is 3.48. The fourth-order valence-corrected chi connectivity index (χ4v) is 2.98. The Hall–Kier alpha value is -1.45. The number of thiophene rings is 1. The van der Waals surface area contributed by atoms with Crippen molar-refractivity contribution < 1.29 is 9.59 Å². The number of aryl methyl sites for hydroxylation is 1. The number of nitrogens with two attached hydrogens (primary N) is 1. The van der Waals surface area contributed by atoms with Crippen molar-refractivity contribution in [1.82, 2.24) is 0 Å². The maximum Gasteiger partial charge on any atom is 0.252 e. The van der Waals surface area contributed by atoms with Crippen LogP contribution < -0.4 is 5.73 Å². The maximum atomic E-state index is 11.2. The molecule has 0 atom stereocenters. The van der Waals surface area contributed by atoms with Gasteiger partial charge in [-0.3, -0.25) is 4.79 Å². The molecule has 1 aromatic rings. The molecular formula is C9H8N2O2S. The first kappa shape index (κ1) is 9.12. The molecule has 1 aliphatic carbocycles. The van der Waals surface area contributed by atoms with Gasteiger partial charge in [0.05, 0.1) is 5.56 Å². The molecule has 1 heterocycles. The average Bonchev–Trinajstić information content (AvgIpc) is 2.62. The molecular weight excluding hydrogens is 200 g/mol. The van der Waals surface area contributed by atoms with Crippen molar-refractivity contribution in [3.63, 3.8) is 0 Å². The Bertz CT molecular complexity index is 444. The number of carbonyl (C=O) groups excluding carboxylic acids is 2. The second kappa shape index (κ2) is 3.36. The lowest BCUT2D eigenvalue weighted by atomic mass is 10.1. The van der Waals surface area contributed by atoms with Crippen molar-refractivity contribution in [3.8, 4) is 0 Å². The third kappa shape index (κ3) is 1.27. The third-order valence-electron chi connectivity index (χ3n) is 2.30. The minimum Gasteiger partial charge on any atom is -0.365 e. The van der Waals surface area contributed by atoms with Gasteiger partial charge in [-0.1, -0.05) is 0 Å². The Kier molecular flexibility index (Phi) is 2.19. The first-order chi connectivity index (χ1) is 6.74. The summed E-state index contributed by atoms with van der Waals surface area (Å²) in [6, 6.07) is 0. The van der Waals surface area contributed by atoms with Gasteiger partial charge >= 0.3 is 0 Å². The van der Waals surface area contributed by atoms with Gasteiger partial charge in [-0.25, -0.2) is 4.79 Å². The quantitative estimate of drug-likeness (QED) is 0.587. The van der Waals surface area contributed by atoms with Crippen LogP contribution in [0.15, 0.2) is 4.99 Å². The monoisotopic (exact) mass is 208 g/mol. The van der Waals surface area contributed by atoms with E-state index in [4.69, 9.17) is 5.73 Å². The first-order valence-electron chi connectivity index (χ1n) is 4.26. The van der Waals surface area contributed by atoms with Crippen molar-refractivity contribution in [2.75, 3.05) is 0 Å². The molecule has 0 aliphatic heterocycles. The van der Waals surface area contributed by atoms with Crippen LogP contribution in [0, 0.1) is 0 Å². The molecule has 4 nitrogen and oxygen atoms in total. The Morgan fingerprint density at radius 2 is 2.29 bits per heavy atom. The van der Waals surface area contributed by atoms with Gasteiger partial charge in [0, 0.05) is 4.88 Å². The Morgan fingerprint density at radius 3 is 2.93 bits per heavy atom. The van der Waals surface area contributed by atoms with E-state index in [9.17, 15) is 9.59 Å². The highest BCUT2D eigenvalue weighted by Gasteiger charge is 2.24. The number of aliphatic imine (C=N–C) groups is 1. The second-order valence-electron chi connectivity index (χ2n) is 3.10. The molecule has 0 saturated heterocycles. The van der Waals surface area contributed by atoms with Crippen LogP contribution in [0.1, 0.15) is 27.2 Å². The van der Waals surface area contributed by atoms with E-state index in [0.717, 1.165) is 29.7 Å². The molecule has 0 radical (unpaired) electrons. The van der Waals surface area contributed by atoms with Crippen LogP contribution in [0.3, 0.4) is 0 Å². The van der Waals surface area contributed by atoms with Gasteiger partial charge in [0.1, 0.15) is 5.00 Å². The topological polar surface area (TPSA) is 72.5 Å². The highest BCUT2D eigenvalue weighted by atomic mass is 32.1. The summed E-state index contributed by atoms with van der Waals surface area (Å²) >= 11 is 1.37. The summed E-state index contributed by atoms with van der Waals surface area (Å²) in [4.78, 5) is 25.9. The van der Waals surface area contributed by atoms with Gasteiger partial charge in [-0.2, -0.15) is 4.99 Å². The van der Waals surface area contributed by atoms with E-state index in [1.54, 1.807) is 0 Å². The lowest BCUT2D eigenvalue weighted by Crippen LogP contribution is -2.12. The molecule has 0 saturated carbocycles. The molecule has 14 heavy (non-hydrogen) atoms. The Morgan fingerprint density at radius 1 is 1.50 bits per heavy atom. The first-order valence-corrected chi connectivity index (χ1v) is 5.08. The molecule has 1 aromatic heterocycles. The molecule has 0 bridgehead atoms. The van der Waals surface area contributed by atoms with Crippen LogP contribution >= 0.6 is 11.3 Å². The molecule has 0 fully saturated rings. The number of isocyanates is 1. The lowest BCUT2D eigenvalue weighted by Gasteiger charge is -1.95. The predicted octanol–water partition coefficient (Wildman–Crippen LogP) is 1.30. The molecule has 2 rings (SSSR count). The summed E-state index contributed by atoms with van der Waals surface area (Å²) in [5, 5.41) is 0.414. The summed E-state index contributed by atoms with van der Waals surface area (Å²) in [6.07, 6.45) is 4.31. The van der Waals surface area contributed by atoms with Gasteiger partial charge in [0.15, 0.2) is 0 Å². The molecule has 0 spiro atoms. The van der Waals surface area contributed by atoms with Gasteiger partial charge in [0.2, 0.25) is 6.08 Å².